The van der Waals surface area contributed by atoms with Crippen LogP contribution in [0.2, 0.25) is 15.1 Å². The summed E-state index contributed by atoms with van der Waals surface area (Å²) < 4.78 is 0. The fraction of sp³-hybridized carbons (Fsp3) is 0. The minimum atomic E-state index is -0.0199. The quantitative estimate of drug-likeness (QED) is 0.573. The van der Waals surface area contributed by atoms with Gasteiger partial charge in [0.15, 0.2) is 0 Å². The van der Waals surface area contributed by atoms with E-state index in [1.807, 2.05) is 0 Å². The molecule has 6 heteroatoms. The molecule has 14 heavy (non-hydrogen) atoms. The van der Waals surface area contributed by atoms with Crippen molar-refractivity contribution in [1.82, 2.24) is 0 Å². The van der Waals surface area contributed by atoms with Crippen molar-refractivity contribution in [1.29, 1.82) is 10.5 Å². The second-order valence-corrected chi connectivity index (χ2v) is 3.85. The van der Waals surface area contributed by atoms with Crippen LogP contribution in [-0.4, -0.2) is 0 Å². The molecule has 2 nitrogen and oxygen atoms in total. The molecular formula is C8HCl3N2S. The van der Waals surface area contributed by atoms with Gasteiger partial charge in [-0.3, -0.25) is 0 Å². The van der Waals surface area contributed by atoms with E-state index >= 15 is 0 Å². The van der Waals surface area contributed by atoms with Crippen molar-refractivity contribution in [3.05, 3.63) is 26.2 Å². The molecule has 0 N–H and O–H groups in total. The predicted octanol–water partition coefficient (Wildman–Crippen LogP) is 3.68. The van der Waals surface area contributed by atoms with Gasteiger partial charge >= 0.3 is 0 Å². The maximum atomic E-state index is 8.76. The predicted molar refractivity (Wildman–Crippen MR) is 58.2 cm³/mol. The van der Waals surface area contributed by atoms with Gasteiger partial charge in [0.1, 0.15) is 12.1 Å². The lowest BCUT2D eigenvalue weighted by molar-refractivity contribution is 1.34. The Hall–Kier alpha value is -0.580. The molecule has 1 aromatic rings. The topological polar surface area (TPSA) is 47.6 Å². The van der Waals surface area contributed by atoms with Gasteiger partial charge in [0.05, 0.1) is 26.2 Å². The minimum absolute atomic E-state index is 0.00596. The summed E-state index contributed by atoms with van der Waals surface area (Å²) in [6, 6.07) is 3.57. The van der Waals surface area contributed by atoms with Crippen LogP contribution in [0.15, 0.2) is 4.90 Å². The van der Waals surface area contributed by atoms with Crippen molar-refractivity contribution in [2.45, 2.75) is 4.90 Å². The molecule has 0 aliphatic heterocycles. The average molecular weight is 264 g/mol. The molecule has 0 saturated heterocycles. The number of nitriles is 2. The summed E-state index contributed by atoms with van der Waals surface area (Å²) in [6.45, 7) is 0. The third kappa shape index (κ3) is 1.65. The van der Waals surface area contributed by atoms with Gasteiger partial charge in [0.2, 0.25) is 0 Å². The van der Waals surface area contributed by atoms with Crippen LogP contribution in [0.3, 0.4) is 0 Å². The molecule has 0 atom stereocenters. The van der Waals surface area contributed by atoms with Gasteiger partial charge in [-0.05, 0) is 0 Å². The lowest BCUT2D eigenvalue weighted by Gasteiger charge is -2.06. The highest BCUT2D eigenvalue weighted by atomic mass is 35.5. The van der Waals surface area contributed by atoms with Crippen LogP contribution in [0.25, 0.3) is 0 Å². The molecule has 0 unspecified atom stereocenters. The smallest absolute Gasteiger partial charge is 0.102 e. The Morgan fingerprint density at radius 2 is 1.36 bits per heavy atom. The van der Waals surface area contributed by atoms with Crippen molar-refractivity contribution in [2.75, 3.05) is 0 Å². The summed E-state index contributed by atoms with van der Waals surface area (Å²) in [5.41, 5.74) is 0.0313. The first-order valence-electron chi connectivity index (χ1n) is 3.24. The molecule has 0 aliphatic carbocycles. The molecule has 1 aromatic carbocycles. The molecule has 1 rings (SSSR count). The Balaban J connectivity index is 3.79. The largest absolute Gasteiger partial charge is 0.192 e. The van der Waals surface area contributed by atoms with Gasteiger partial charge in [0, 0.05) is 4.90 Å². The van der Waals surface area contributed by atoms with Crippen molar-refractivity contribution >= 4 is 47.4 Å². The Morgan fingerprint density at radius 3 is 1.79 bits per heavy atom. The summed E-state index contributed by atoms with van der Waals surface area (Å²) in [4.78, 5) is 0.167. The minimum Gasteiger partial charge on any atom is -0.192 e. The Bertz CT molecular complexity index is 440. The van der Waals surface area contributed by atoms with Gasteiger partial charge in [-0.15, -0.1) is 12.6 Å². The molecule has 0 amide bonds. The zero-order valence-electron chi connectivity index (χ0n) is 6.48. The third-order valence-corrected chi connectivity index (χ3v) is 3.43. The summed E-state index contributed by atoms with van der Waals surface area (Å²) in [5, 5.41) is 17.6. The first-order chi connectivity index (χ1) is 6.54. The molecule has 0 bridgehead atoms. The van der Waals surface area contributed by atoms with E-state index in [1.54, 1.807) is 12.1 Å². The van der Waals surface area contributed by atoms with Crippen molar-refractivity contribution in [3.8, 4) is 12.1 Å². The van der Waals surface area contributed by atoms with Gasteiger partial charge < -0.3 is 0 Å². The highest BCUT2D eigenvalue weighted by Gasteiger charge is 2.18. The third-order valence-electron chi connectivity index (χ3n) is 1.52. The highest BCUT2D eigenvalue weighted by Crippen LogP contribution is 2.39. The van der Waals surface area contributed by atoms with Crippen molar-refractivity contribution in [2.24, 2.45) is 0 Å². The Morgan fingerprint density at radius 1 is 0.857 bits per heavy atom. The lowest BCUT2D eigenvalue weighted by atomic mass is 10.1. The van der Waals surface area contributed by atoms with Crippen LogP contribution in [0, 0.1) is 22.7 Å². The van der Waals surface area contributed by atoms with Crippen molar-refractivity contribution in [3.63, 3.8) is 0 Å². The van der Waals surface area contributed by atoms with E-state index in [-0.39, 0.29) is 31.1 Å². The second-order valence-electron chi connectivity index (χ2n) is 2.26. The molecular weight excluding hydrogens is 263 g/mol. The number of benzene rings is 1. The van der Waals surface area contributed by atoms with Gasteiger partial charge in [-0.25, -0.2) is 0 Å². The number of hydrogen-bond donors (Lipinski definition) is 1. The van der Waals surface area contributed by atoms with E-state index in [0.717, 1.165) is 0 Å². The monoisotopic (exact) mass is 262 g/mol. The number of nitrogens with zero attached hydrogens (tertiary/aromatic N) is 2. The SMILES string of the molecule is N#Cc1c(S)c(Cl)c(Cl)c(Cl)c1C#N. The number of thiol groups is 1. The van der Waals surface area contributed by atoms with Crippen LogP contribution >= 0.6 is 47.4 Å². The number of rotatable bonds is 0. The molecule has 70 valence electrons. The van der Waals surface area contributed by atoms with Gasteiger partial charge in [-0.1, -0.05) is 34.8 Å². The molecule has 0 fully saturated rings. The molecule has 0 radical (unpaired) electrons. The number of hydrogen-bond acceptors (Lipinski definition) is 3. The Labute approximate surface area is 101 Å². The van der Waals surface area contributed by atoms with E-state index in [1.165, 1.54) is 0 Å². The first-order valence-corrected chi connectivity index (χ1v) is 4.82. The molecule has 0 aromatic heterocycles. The first kappa shape index (κ1) is 11.5. The van der Waals surface area contributed by atoms with Crippen LogP contribution < -0.4 is 0 Å². The van der Waals surface area contributed by atoms with Crippen LogP contribution in [0.1, 0.15) is 11.1 Å². The van der Waals surface area contributed by atoms with E-state index in [0.29, 0.717) is 0 Å². The van der Waals surface area contributed by atoms with Crippen LogP contribution in [0.5, 0.6) is 0 Å². The maximum Gasteiger partial charge on any atom is 0.102 e. The van der Waals surface area contributed by atoms with Crippen LogP contribution in [0.4, 0.5) is 0 Å². The molecule has 0 saturated carbocycles. The second kappa shape index (κ2) is 4.29. The maximum absolute atomic E-state index is 8.76. The van der Waals surface area contributed by atoms with E-state index in [4.69, 9.17) is 45.3 Å². The summed E-state index contributed by atoms with van der Waals surface area (Å²) in [5.74, 6) is 0. The van der Waals surface area contributed by atoms with Crippen LogP contribution in [-0.2, 0) is 0 Å². The zero-order valence-corrected chi connectivity index (χ0v) is 9.64. The lowest BCUT2D eigenvalue weighted by Crippen LogP contribution is -1.90. The van der Waals surface area contributed by atoms with E-state index < -0.39 is 0 Å². The summed E-state index contributed by atoms with van der Waals surface area (Å²) in [7, 11) is 0. The molecule has 0 aliphatic rings. The number of halogens is 3. The van der Waals surface area contributed by atoms with Gasteiger partial charge in [-0.2, -0.15) is 10.5 Å². The zero-order chi connectivity index (χ0) is 10.9. The standard InChI is InChI=1S/C8HCl3N2S/c9-5-3(1-12)4(2-13)8(14)7(11)6(5)10/h14H. The fourth-order valence-corrected chi connectivity index (χ4v) is 1.86. The molecule has 0 spiro atoms. The van der Waals surface area contributed by atoms with E-state index in [2.05, 4.69) is 12.6 Å². The molecule has 0 heterocycles. The van der Waals surface area contributed by atoms with E-state index in [9.17, 15) is 0 Å². The Kier molecular flexibility index (Phi) is 3.53. The average Bonchev–Trinajstić information content (AvgIpc) is 2.20. The fourth-order valence-electron chi connectivity index (χ4n) is 0.862. The summed E-state index contributed by atoms with van der Waals surface area (Å²) >= 11 is 21.2. The van der Waals surface area contributed by atoms with Gasteiger partial charge in [0.25, 0.3) is 0 Å². The highest BCUT2D eigenvalue weighted by molar-refractivity contribution is 7.80. The normalized spacial score (nSPS) is 9.29. The summed E-state index contributed by atoms with van der Waals surface area (Å²) in [6.07, 6.45) is 0. The van der Waals surface area contributed by atoms with Crippen molar-refractivity contribution < 1.29 is 0 Å².